The zero-order valence-electron chi connectivity index (χ0n) is 45.5. The average molecular weight is 997 g/mol. The van der Waals surface area contributed by atoms with Gasteiger partial charge in [0.15, 0.2) is 17.6 Å². The highest BCUT2D eigenvalue weighted by molar-refractivity contribution is 5.80. The third-order valence-electron chi connectivity index (χ3n) is 21.5. The summed E-state index contributed by atoms with van der Waals surface area (Å²) < 4.78 is 28.9. The SMILES string of the molecule is COC(=O)[C@]12CCC(C)(C)C[C@H]1C1=CC[C@@H]3[C@@]4(C)CC[C@H](NC(=O)CCCCC(=O)N5CC[C@]67CC(OC(C)=O)C(OC(C)=O)C(OC)=C6[C@H]5Cc5ccc(OC)c(O)c57)C(C)(C)[C@@H]4CC[C@@]3(C)[C@]1(C)CC2. The highest BCUT2D eigenvalue weighted by atomic mass is 16.6. The summed E-state index contributed by atoms with van der Waals surface area (Å²) in [5, 5.41) is 15.3. The summed E-state index contributed by atoms with van der Waals surface area (Å²) in [6.45, 7) is 20.2. The lowest BCUT2D eigenvalue weighted by atomic mass is 9.33. The van der Waals surface area contributed by atoms with Crippen molar-refractivity contribution in [3.8, 4) is 11.5 Å². The molecule has 1 aromatic rings. The number of ether oxygens (including phenoxy) is 5. The van der Waals surface area contributed by atoms with Gasteiger partial charge >= 0.3 is 17.9 Å². The number of benzene rings is 1. The number of hydrogen-bond donors (Lipinski definition) is 2. The van der Waals surface area contributed by atoms with Crippen molar-refractivity contribution >= 4 is 29.7 Å². The molecule has 396 valence electrons. The van der Waals surface area contributed by atoms with Crippen molar-refractivity contribution in [3.05, 3.63) is 46.2 Å². The molecule has 8 aliphatic rings. The van der Waals surface area contributed by atoms with E-state index in [4.69, 9.17) is 23.7 Å². The standard InChI is InChI=1S/C59H84N2O11/c1-34(62)71-41-33-59-29-30-61(39(48(59)51(69-11)50(41)72-35(2)63)31-36-17-19-40(68-10)49(66)47(36)59)46(65)16-14-13-15-45(64)60-44-22-23-55(7)42(54(44,5)6)21-24-57(9)43(55)20-18-37-38-32-53(3,4)25-27-58(38,52(67)70-12)28-26-56(37,57)8/h17-19,38-39,41-44,50,66H,13-16,20-33H2,1-12H3,(H,60,64)/t38-,39+,41?,42-,43+,44-,50?,55-,56+,57+,58-,59+/m0/s1. The number of carbonyl (C=O) groups is 5. The van der Waals surface area contributed by atoms with E-state index in [1.807, 2.05) is 11.0 Å². The second-order valence-electron chi connectivity index (χ2n) is 25.7. The number of unbranched alkanes of at least 4 members (excludes halogenated alkanes) is 1. The number of hydrogen-bond acceptors (Lipinski definition) is 11. The van der Waals surface area contributed by atoms with Crippen molar-refractivity contribution in [1.82, 2.24) is 10.2 Å². The average Bonchev–Trinajstić information content (AvgIpc) is 3.30. The van der Waals surface area contributed by atoms with Gasteiger partial charge in [-0.15, -0.1) is 0 Å². The van der Waals surface area contributed by atoms with Crippen molar-refractivity contribution in [2.24, 2.45) is 50.2 Å². The first kappa shape index (κ1) is 52.3. The summed E-state index contributed by atoms with van der Waals surface area (Å²) in [5.74, 6) is 0.674. The van der Waals surface area contributed by atoms with Gasteiger partial charge in [0, 0.05) is 62.2 Å². The van der Waals surface area contributed by atoms with Gasteiger partial charge in [0.25, 0.3) is 0 Å². The van der Waals surface area contributed by atoms with Crippen LogP contribution in [0.4, 0.5) is 0 Å². The van der Waals surface area contributed by atoms with Crippen LogP contribution in [0.3, 0.4) is 0 Å². The Morgan fingerprint density at radius 1 is 0.792 bits per heavy atom. The number of amides is 2. The molecule has 2 unspecified atom stereocenters. The fraction of sp³-hybridized carbons (Fsp3) is 0.746. The van der Waals surface area contributed by atoms with Gasteiger partial charge in [-0.3, -0.25) is 24.0 Å². The van der Waals surface area contributed by atoms with Gasteiger partial charge < -0.3 is 39.0 Å². The minimum Gasteiger partial charge on any atom is -0.504 e. The molecule has 1 heterocycles. The molecule has 9 rings (SSSR count). The molecule has 4 saturated carbocycles. The molecule has 0 radical (unpaired) electrons. The highest BCUT2D eigenvalue weighted by Gasteiger charge is 2.70. The number of likely N-dealkylation sites (tertiary alicyclic amines) is 1. The largest absolute Gasteiger partial charge is 0.504 e. The van der Waals surface area contributed by atoms with E-state index in [1.54, 1.807) is 18.7 Å². The van der Waals surface area contributed by atoms with Gasteiger partial charge in [-0.25, -0.2) is 0 Å². The van der Waals surface area contributed by atoms with Gasteiger partial charge in [0.2, 0.25) is 11.8 Å². The van der Waals surface area contributed by atoms with E-state index < -0.39 is 41.0 Å². The molecular weight excluding hydrogens is 913 g/mol. The van der Waals surface area contributed by atoms with Crippen molar-refractivity contribution in [2.45, 2.75) is 201 Å². The van der Waals surface area contributed by atoms with E-state index in [0.29, 0.717) is 67.6 Å². The minimum absolute atomic E-state index is 0.00558. The van der Waals surface area contributed by atoms with E-state index in [2.05, 4.69) is 59.9 Å². The Bertz CT molecular complexity index is 2460. The molecule has 13 nitrogen and oxygen atoms in total. The van der Waals surface area contributed by atoms with E-state index in [1.165, 1.54) is 28.1 Å². The van der Waals surface area contributed by atoms with Gasteiger partial charge in [-0.05, 0) is 146 Å². The minimum atomic E-state index is -1.04. The first-order valence-corrected chi connectivity index (χ1v) is 27.3. The van der Waals surface area contributed by atoms with Crippen LogP contribution < -0.4 is 10.1 Å². The highest BCUT2D eigenvalue weighted by Crippen LogP contribution is 2.76. The number of fused-ring (bicyclic) bond motifs is 8. The van der Waals surface area contributed by atoms with Crippen LogP contribution >= 0.6 is 0 Å². The van der Waals surface area contributed by atoms with Crippen LogP contribution in [-0.2, 0) is 54.8 Å². The number of allylic oxidation sites excluding steroid dienone is 2. The summed E-state index contributed by atoms with van der Waals surface area (Å²) >= 11 is 0. The Labute approximate surface area is 428 Å². The molecule has 2 bridgehead atoms. The maximum Gasteiger partial charge on any atom is 0.312 e. The summed E-state index contributed by atoms with van der Waals surface area (Å²) in [6.07, 6.45) is 13.6. The number of nitrogens with one attached hydrogen (secondary N) is 1. The molecule has 5 fully saturated rings. The molecule has 72 heavy (non-hydrogen) atoms. The summed E-state index contributed by atoms with van der Waals surface area (Å²) in [6, 6.07) is 3.23. The van der Waals surface area contributed by atoms with Gasteiger partial charge in [0.1, 0.15) is 11.9 Å². The molecule has 2 amide bonds. The molecule has 7 aliphatic carbocycles. The molecule has 2 N–H and O–H groups in total. The fourth-order valence-electron chi connectivity index (χ4n) is 17.9. The van der Waals surface area contributed by atoms with E-state index in [0.717, 1.165) is 75.3 Å². The van der Waals surface area contributed by atoms with Crippen LogP contribution in [0.5, 0.6) is 11.5 Å². The number of piperidine rings is 1. The Kier molecular flexibility index (Phi) is 13.4. The van der Waals surface area contributed by atoms with Crippen molar-refractivity contribution < 1.29 is 52.8 Å². The van der Waals surface area contributed by atoms with Crippen LogP contribution in [0, 0.1) is 50.2 Å². The van der Waals surface area contributed by atoms with Crippen LogP contribution in [-0.4, -0.2) is 91.9 Å². The fourth-order valence-corrected chi connectivity index (χ4v) is 17.9. The summed E-state index contributed by atoms with van der Waals surface area (Å²) in [4.78, 5) is 68.9. The third kappa shape index (κ3) is 7.90. The molecular formula is C59H84N2O11. The van der Waals surface area contributed by atoms with E-state index in [-0.39, 0.29) is 75.4 Å². The van der Waals surface area contributed by atoms with E-state index in [9.17, 15) is 29.1 Å². The second kappa shape index (κ2) is 18.4. The summed E-state index contributed by atoms with van der Waals surface area (Å²) in [7, 11) is 4.56. The van der Waals surface area contributed by atoms with Crippen LogP contribution in [0.15, 0.2) is 35.1 Å². The smallest absolute Gasteiger partial charge is 0.312 e. The normalized spacial score (nSPS) is 37.9. The lowest BCUT2D eigenvalue weighted by Gasteiger charge is -2.71. The lowest BCUT2D eigenvalue weighted by molar-refractivity contribution is -0.193. The lowest BCUT2D eigenvalue weighted by Crippen LogP contribution is -2.66. The number of esters is 3. The number of aromatic hydroxyl groups is 1. The number of nitrogens with zero attached hydrogens (tertiary/aromatic N) is 1. The maximum absolute atomic E-state index is 14.4. The van der Waals surface area contributed by atoms with Gasteiger partial charge in [-0.1, -0.05) is 66.2 Å². The first-order valence-electron chi connectivity index (χ1n) is 27.3. The maximum atomic E-state index is 14.4. The quantitative estimate of drug-likeness (QED) is 0.0938. The molecule has 1 saturated heterocycles. The molecule has 13 heteroatoms. The number of carbonyl (C=O) groups excluding carboxylic acids is 5. The Morgan fingerprint density at radius 3 is 2.18 bits per heavy atom. The zero-order valence-corrected chi connectivity index (χ0v) is 45.5. The first-order chi connectivity index (χ1) is 33.9. The van der Waals surface area contributed by atoms with E-state index >= 15 is 0 Å². The Balaban J connectivity index is 0.866. The molecule has 0 spiro atoms. The van der Waals surface area contributed by atoms with Crippen LogP contribution in [0.25, 0.3) is 0 Å². The van der Waals surface area contributed by atoms with Crippen molar-refractivity contribution in [1.29, 1.82) is 0 Å². The third-order valence-corrected chi connectivity index (χ3v) is 21.5. The summed E-state index contributed by atoms with van der Waals surface area (Å²) in [5.41, 5.74) is 2.78. The molecule has 1 aromatic carbocycles. The van der Waals surface area contributed by atoms with Gasteiger partial charge in [-0.2, -0.15) is 0 Å². The molecule has 0 aromatic heterocycles. The predicted molar refractivity (Wildman–Crippen MR) is 271 cm³/mol. The predicted octanol–water partition coefficient (Wildman–Crippen LogP) is 9.98. The Hall–Kier alpha value is -4.55. The topological polar surface area (TPSA) is 167 Å². The van der Waals surface area contributed by atoms with Gasteiger partial charge in [0.05, 0.1) is 32.8 Å². The number of phenolic OH excluding ortho intramolecular Hbond substituents is 1. The zero-order chi connectivity index (χ0) is 52.1. The molecule has 12 atom stereocenters. The Morgan fingerprint density at radius 2 is 1.50 bits per heavy atom. The van der Waals surface area contributed by atoms with Crippen molar-refractivity contribution in [2.75, 3.05) is 27.9 Å². The van der Waals surface area contributed by atoms with Crippen LogP contribution in [0.2, 0.25) is 0 Å². The molecule has 1 aliphatic heterocycles. The number of phenols is 1. The number of rotatable bonds is 11. The van der Waals surface area contributed by atoms with Crippen LogP contribution in [0.1, 0.15) is 176 Å². The number of methoxy groups -OCH3 is 3. The second-order valence-corrected chi connectivity index (χ2v) is 25.7. The van der Waals surface area contributed by atoms with Crippen molar-refractivity contribution in [3.63, 3.8) is 0 Å². The monoisotopic (exact) mass is 997 g/mol.